The molecule has 2 aromatic rings. The van der Waals surface area contributed by atoms with Crippen LogP contribution in [0.2, 0.25) is 0 Å². The molecule has 4 heterocycles. The lowest BCUT2D eigenvalue weighted by molar-refractivity contribution is -0.131. The standard InChI is InChI=1S/C21H30N6O/c1-2-17-19-20(16(14-5-6-14)13-23-21(19)25-24-17)27-10-8-26(9-11-27)18(28)12-15-4-3-7-22-15/h13-15,22H,2-12H2,1H3,(H,23,24,25)/t15-/m0/s1. The topological polar surface area (TPSA) is 77.2 Å². The number of aromatic nitrogens is 3. The van der Waals surface area contributed by atoms with E-state index >= 15 is 0 Å². The number of nitrogens with one attached hydrogen (secondary N) is 2. The van der Waals surface area contributed by atoms with E-state index in [0.717, 1.165) is 51.2 Å². The summed E-state index contributed by atoms with van der Waals surface area (Å²) in [5.74, 6) is 0.943. The lowest BCUT2D eigenvalue weighted by Gasteiger charge is -2.37. The van der Waals surface area contributed by atoms with Gasteiger partial charge in [0.15, 0.2) is 5.65 Å². The zero-order valence-corrected chi connectivity index (χ0v) is 16.7. The van der Waals surface area contributed by atoms with Crippen molar-refractivity contribution in [1.82, 2.24) is 25.4 Å². The zero-order chi connectivity index (χ0) is 19.1. The third-order valence-corrected chi connectivity index (χ3v) is 6.56. The second kappa shape index (κ2) is 7.35. The molecule has 0 bridgehead atoms. The first kappa shape index (κ1) is 17.9. The molecule has 3 aliphatic rings. The number of piperazine rings is 1. The van der Waals surface area contributed by atoms with Crippen molar-refractivity contribution >= 4 is 22.6 Å². The van der Waals surface area contributed by atoms with Crippen molar-refractivity contribution in [2.75, 3.05) is 37.6 Å². The van der Waals surface area contributed by atoms with E-state index in [9.17, 15) is 4.79 Å². The second-order valence-electron chi connectivity index (χ2n) is 8.46. The van der Waals surface area contributed by atoms with Crippen molar-refractivity contribution in [2.24, 2.45) is 0 Å². The molecule has 2 saturated heterocycles. The molecular formula is C21H30N6O. The molecule has 1 aliphatic carbocycles. The first-order valence-corrected chi connectivity index (χ1v) is 10.9. The molecule has 7 heteroatoms. The summed E-state index contributed by atoms with van der Waals surface area (Å²) in [6.45, 7) is 6.60. The third-order valence-electron chi connectivity index (χ3n) is 6.56. The highest BCUT2D eigenvalue weighted by molar-refractivity contribution is 5.94. The lowest BCUT2D eigenvalue weighted by atomic mass is 10.0. The molecule has 2 aromatic heterocycles. The highest BCUT2D eigenvalue weighted by atomic mass is 16.2. The van der Waals surface area contributed by atoms with Crippen molar-refractivity contribution < 1.29 is 4.79 Å². The van der Waals surface area contributed by atoms with Crippen LogP contribution in [0.1, 0.15) is 56.2 Å². The normalized spacial score (nSPS) is 23.0. The van der Waals surface area contributed by atoms with Gasteiger partial charge >= 0.3 is 0 Å². The monoisotopic (exact) mass is 382 g/mol. The molecule has 1 saturated carbocycles. The molecule has 0 aromatic carbocycles. The van der Waals surface area contributed by atoms with Crippen LogP contribution in [0.4, 0.5) is 5.69 Å². The number of rotatable bonds is 5. The van der Waals surface area contributed by atoms with Crippen molar-refractivity contribution in [3.63, 3.8) is 0 Å². The van der Waals surface area contributed by atoms with E-state index in [1.54, 1.807) is 0 Å². The average molecular weight is 383 g/mol. The Kier molecular flexibility index (Phi) is 4.70. The number of carbonyl (C=O) groups excluding carboxylic acids is 1. The van der Waals surface area contributed by atoms with Crippen molar-refractivity contribution in [3.8, 4) is 0 Å². The molecule has 1 atom stereocenters. The van der Waals surface area contributed by atoms with Crippen LogP contribution in [-0.2, 0) is 11.2 Å². The minimum absolute atomic E-state index is 0.305. The first-order chi connectivity index (χ1) is 13.7. The molecule has 2 aliphatic heterocycles. The van der Waals surface area contributed by atoms with E-state index < -0.39 is 0 Å². The maximum atomic E-state index is 12.7. The van der Waals surface area contributed by atoms with E-state index in [1.165, 1.54) is 41.6 Å². The molecule has 0 unspecified atom stereocenters. The summed E-state index contributed by atoms with van der Waals surface area (Å²) in [4.78, 5) is 21.9. The number of aryl methyl sites for hydroxylation is 1. The summed E-state index contributed by atoms with van der Waals surface area (Å²) < 4.78 is 0. The van der Waals surface area contributed by atoms with Gasteiger partial charge < -0.3 is 15.1 Å². The lowest BCUT2D eigenvalue weighted by Crippen LogP contribution is -2.50. The summed E-state index contributed by atoms with van der Waals surface area (Å²) in [5, 5.41) is 12.3. The molecule has 0 radical (unpaired) electrons. The minimum Gasteiger partial charge on any atom is -0.367 e. The van der Waals surface area contributed by atoms with E-state index in [-0.39, 0.29) is 0 Å². The largest absolute Gasteiger partial charge is 0.367 e. The number of anilines is 1. The van der Waals surface area contributed by atoms with Gasteiger partial charge in [0.25, 0.3) is 0 Å². The van der Waals surface area contributed by atoms with Crippen molar-refractivity contribution in [2.45, 2.75) is 57.4 Å². The van der Waals surface area contributed by atoms with Crippen LogP contribution in [0.3, 0.4) is 0 Å². The summed E-state index contributed by atoms with van der Waals surface area (Å²) in [6, 6.07) is 0.380. The number of H-pyrrole nitrogens is 1. The quantitative estimate of drug-likeness (QED) is 0.829. The van der Waals surface area contributed by atoms with Crippen LogP contribution in [-0.4, -0.2) is 64.8 Å². The van der Waals surface area contributed by atoms with Crippen LogP contribution in [0.25, 0.3) is 11.0 Å². The van der Waals surface area contributed by atoms with Crippen LogP contribution >= 0.6 is 0 Å². The molecule has 5 rings (SSSR count). The van der Waals surface area contributed by atoms with Gasteiger partial charge in [0.2, 0.25) is 5.91 Å². The maximum Gasteiger partial charge on any atom is 0.224 e. The molecule has 28 heavy (non-hydrogen) atoms. The fourth-order valence-corrected chi connectivity index (χ4v) is 4.79. The van der Waals surface area contributed by atoms with Gasteiger partial charge in [-0.05, 0) is 50.1 Å². The fourth-order valence-electron chi connectivity index (χ4n) is 4.79. The Morgan fingerprint density at radius 1 is 1.21 bits per heavy atom. The second-order valence-corrected chi connectivity index (χ2v) is 8.46. The van der Waals surface area contributed by atoms with Gasteiger partial charge in [-0.25, -0.2) is 4.98 Å². The van der Waals surface area contributed by atoms with E-state index in [4.69, 9.17) is 0 Å². The number of hydrogen-bond acceptors (Lipinski definition) is 5. The van der Waals surface area contributed by atoms with Crippen molar-refractivity contribution in [3.05, 3.63) is 17.5 Å². The van der Waals surface area contributed by atoms with Crippen LogP contribution < -0.4 is 10.2 Å². The number of pyridine rings is 1. The van der Waals surface area contributed by atoms with Gasteiger partial charge in [0.05, 0.1) is 11.1 Å². The Labute approximate surface area is 165 Å². The summed E-state index contributed by atoms with van der Waals surface area (Å²) >= 11 is 0. The SMILES string of the molecule is CCc1[nH]nc2ncc(C3CC3)c(N3CCN(C(=O)C[C@@H]4CCCN4)CC3)c12. The van der Waals surface area contributed by atoms with E-state index in [1.807, 2.05) is 6.20 Å². The molecule has 3 fully saturated rings. The predicted octanol–water partition coefficient (Wildman–Crippen LogP) is 2.19. The minimum atomic E-state index is 0.305. The van der Waals surface area contributed by atoms with Crippen molar-refractivity contribution in [1.29, 1.82) is 0 Å². The molecule has 150 valence electrons. The van der Waals surface area contributed by atoms with Crippen LogP contribution in [0.5, 0.6) is 0 Å². The Balaban J connectivity index is 1.36. The number of nitrogens with zero attached hydrogens (tertiary/aromatic N) is 4. The first-order valence-electron chi connectivity index (χ1n) is 10.9. The summed E-state index contributed by atoms with van der Waals surface area (Å²) in [5.41, 5.74) is 4.69. The Morgan fingerprint density at radius 3 is 2.71 bits per heavy atom. The molecule has 0 spiro atoms. The molecule has 7 nitrogen and oxygen atoms in total. The molecule has 2 N–H and O–H groups in total. The van der Waals surface area contributed by atoms with Crippen LogP contribution in [0.15, 0.2) is 6.20 Å². The van der Waals surface area contributed by atoms with Gasteiger partial charge in [-0.1, -0.05) is 6.92 Å². The van der Waals surface area contributed by atoms with E-state index in [0.29, 0.717) is 24.3 Å². The summed E-state index contributed by atoms with van der Waals surface area (Å²) in [6.07, 6.45) is 8.45. The number of fused-ring (bicyclic) bond motifs is 1. The smallest absolute Gasteiger partial charge is 0.224 e. The maximum absolute atomic E-state index is 12.7. The predicted molar refractivity (Wildman–Crippen MR) is 110 cm³/mol. The van der Waals surface area contributed by atoms with Gasteiger partial charge in [-0.3, -0.25) is 9.89 Å². The fraction of sp³-hybridized carbons (Fsp3) is 0.667. The molecular weight excluding hydrogens is 352 g/mol. The number of hydrogen-bond donors (Lipinski definition) is 2. The third kappa shape index (κ3) is 3.26. The Morgan fingerprint density at radius 2 is 2.04 bits per heavy atom. The van der Waals surface area contributed by atoms with Gasteiger partial charge in [-0.15, -0.1) is 0 Å². The Bertz CT molecular complexity index is 859. The highest BCUT2D eigenvalue weighted by Crippen LogP contribution is 2.46. The zero-order valence-electron chi connectivity index (χ0n) is 16.7. The highest BCUT2D eigenvalue weighted by Gasteiger charge is 2.32. The number of amides is 1. The van der Waals surface area contributed by atoms with Gasteiger partial charge in [-0.2, -0.15) is 5.10 Å². The Hall–Kier alpha value is -2.15. The van der Waals surface area contributed by atoms with Crippen LogP contribution in [0, 0.1) is 0 Å². The summed E-state index contributed by atoms with van der Waals surface area (Å²) in [7, 11) is 0. The van der Waals surface area contributed by atoms with Gasteiger partial charge in [0, 0.05) is 50.5 Å². The number of carbonyl (C=O) groups is 1. The van der Waals surface area contributed by atoms with E-state index in [2.05, 4.69) is 37.2 Å². The van der Waals surface area contributed by atoms with Gasteiger partial charge in [0.1, 0.15) is 0 Å². The molecule has 1 amide bonds. The number of aromatic amines is 1. The average Bonchev–Trinajstić information content (AvgIpc) is 3.28.